The maximum absolute atomic E-state index is 11.3. The molecule has 0 bridgehead atoms. The Morgan fingerprint density at radius 1 is 0.913 bits per heavy atom. The minimum absolute atomic E-state index is 0.332. The van der Waals surface area contributed by atoms with Crippen molar-refractivity contribution in [3.8, 4) is 11.6 Å². The predicted octanol–water partition coefficient (Wildman–Crippen LogP) is -0.358. The summed E-state index contributed by atoms with van der Waals surface area (Å²) in [6.45, 7) is 0. The zero-order valence-corrected chi connectivity index (χ0v) is 11.0. The highest BCUT2D eigenvalue weighted by atomic mass is 16.6. The topological polar surface area (TPSA) is 187 Å². The normalized spacial score (nSPS) is 10.6. The molecule has 0 aromatic carbocycles. The van der Waals surface area contributed by atoms with Crippen LogP contribution in [0.1, 0.15) is 0 Å². The number of nitro groups is 2. The molecule has 0 saturated carbocycles. The van der Waals surface area contributed by atoms with E-state index in [1.807, 2.05) is 0 Å². The molecule has 0 unspecified atom stereocenters. The Bertz CT molecular complexity index is 817. The van der Waals surface area contributed by atoms with E-state index >= 15 is 0 Å². The molecule has 2 N–H and O–H groups in total. The molecule has 3 aromatic heterocycles. The van der Waals surface area contributed by atoms with Crippen LogP contribution in [-0.2, 0) is 0 Å². The smallest absolute Gasteiger partial charge is 0.343 e. The van der Waals surface area contributed by atoms with Crippen LogP contribution < -0.4 is 5.73 Å². The van der Waals surface area contributed by atoms with Gasteiger partial charge >= 0.3 is 11.4 Å². The van der Waals surface area contributed by atoms with Crippen LogP contribution in [0, 0.1) is 20.2 Å². The summed E-state index contributed by atoms with van der Waals surface area (Å²) in [5.41, 5.74) is 3.46. The molecule has 14 nitrogen and oxygen atoms in total. The summed E-state index contributed by atoms with van der Waals surface area (Å²) in [6.07, 6.45) is 4.54. The van der Waals surface area contributed by atoms with Gasteiger partial charge in [0, 0.05) is 0 Å². The van der Waals surface area contributed by atoms with E-state index in [4.69, 9.17) is 5.73 Å². The third-order valence-corrected chi connectivity index (χ3v) is 2.78. The molecule has 3 aromatic rings. The Balaban J connectivity index is 2.41. The molecular weight excluding hydrogens is 312 g/mol. The number of hydrogen-bond acceptors (Lipinski definition) is 10. The van der Waals surface area contributed by atoms with Crippen molar-refractivity contribution >= 4 is 17.1 Å². The summed E-state index contributed by atoms with van der Waals surface area (Å²) in [5.74, 6) is -0.665. The molecule has 0 fully saturated rings. The summed E-state index contributed by atoms with van der Waals surface area (Å²) in [6, 6.07) is 0. The molecule has 0 amide bonds. The first-order chi connectivity index (χ1) is 11.0. The van der Waals surface area contributed by atoms with Crippen molar-refractivity contribution in [3.63, 3.8) is 0 Å². The van der Waals surface area contributed by atoms with Gasteiger partial charge in [-0.2, -0.15) is 24.5 Å². The number of anilines is 1. The summed E-state index contributed by atoms with van der Waals surface area (Å²) < 4.78 is 1.94. The van der Waals surface area contributed by atoms with E-state index in [2.05, 4.69) is 25.1 Å². The fourth-order valence-corrected chi connectivity index (χ4v) is 1.87. The minimum Gasteiger partial charge on any atom is -0.387 e. The van der Waals surface area contributed by atoms with Gasteiger partial charge in [0.2, 0.25) is 11.6 Å². The van der Waals surface area contributed by atoms with Crippen LogP contribution in [0.5, 0.6) is 0 Å². The molecular formula is C9H6N10O4. The Kier molecular flexibility index (Phi) is 3.10. The Morgan fingerprint density at radius 3 is 1.65 bits per heavy atom. The lowest BCUT2D eigenvalue weighted by atomic mass is 10.2. The van der Waals surface area contributed by atoms with E-state index in [1.54, 1.807) is 0 Å². The second-order valence-corrected chi connectivity index (χ2v) is 4.06. The van der Waals surface area contributed by atoms with Gasteiger partial charge in [-0.15, -0.1) is 0 Å². The number of nitrogen functional groups attached to an aromatic ring is 1. The molecule has 23 heavy (non-hydrogen) atoms. The highest BCUT2D eigenvalue weighted by molar-refractivity contribution is 5.80. The lowest BCUT2D eigenvalue weighted by Gasteiger charge is -2.08. The van der Waals surface area contributed by atoms with E-state index in [9.17, 15) is 20.2 Å². The quantitative estimate of drug-likeness (QED) is 0.491. The molecule has 0 spiro atoms. The standard InChI is InChI=1S/C9H6N10O4/c10-5-6(18(20)21)8(16-3-11-1-13-16)15-9(7(5)19(22)23)17-4-12-2-14-17/h1-4H,(H2,10,15). The van der Waals surface area contributed by atoms with Gasteiger partial charge in [-0.25, -0.2) is 9.97 Å². The number of rotatable bonds is 4. The van der Waals surface area contributed by atoms with E-state index < -0.39 is 26.9 Å². The predicted molar refractivity (Wildman–Crippen MR) is 71.8 cm³/mol. The van der Waals surface area contributed by atoms with Gasteiger partial charge in [-0.3, -0.25) is 20.2 Å². The molecule has 3 rings (SSSR count). The SMILES string of the molecule is Nc1c([N+](=O)[O-])c(-n2cncn2)nc(-n2cncn2)c1[N+](=O)[O-]. The number of pyridine rings is 1. The molecule has 0 atom stereocenters. The number of nitrogens with two attached hydrogens (primary N) is 1. The Morgan fingerprint density at radius 2 is 1.35 bits per heavy atom. The summed E-state index contributed by atoms with van der Waals surface area (Å²) in [7, 11) is 0. The van der Waals surface area contributed by atoms with Crippen molar-refractivity contribution < 1.29 is 9.85 Å². The number of aromatic nitrogens is 7. The minimum atomic E-state index is -0.878. The molecule has 0 saturated heterocycles. The molecule has 0 radical (unpaired) electrons. The van der Waals surface area contributed by atoms with Gasteiger partial charge in [0.15, 0.2) is 5.69 Å². The Labute approximate surface area is 125 Å². The maximum Gasteiger partial charge on any atom is 0.343 e. The lowest BCUT2D eigenvalue weighted by molar-refractivity contribution is -0.392. The zero-order chi connectivity index (χ0) is 16.6. The van der Waals surface area contributed by atoms with Gasteiger partial charge < -0.3 is 5.73 Å². The fraction of sp³-hybridized carbons (Fsp3) is 0. The highest BCUT2D eigenvalue weighted by Crippen LogP contribution is 2.38. The largest absolute Gasteiger partial charge is 0.387 e. The average molecular weight is 318 g/mol. The first-order valence-corrected chi connectivity index (χ1v) is 5.83. The van der Waals surface area contributed by atoms with Crippen LogP contribution >= 0.6 is 0 Å². The summed E-state index contributed by atoms with van der Waals surface area (Å²) >= 11 is 0. The van der Waals surface area contributed by atoms with E-state index in [1.165, 1.54) is 0 Å². The molecule has 0 aliphatic heterocycles. The van der Waals surface area contributed by atoms with Crippen molar-refractivity contribution in [1.29, 1.82) is 0 Å². The maximum atomic E-state index is 11.3. The first kappa shape index (κ1) is 14.0. The van der Waals surface area contributed by atoms with Crippen LogP contribution in [-0.4, -0.2) is 44.4 Å². The number of hydrogen-bond donors (Lipinski definition) is 1. The van der Waals surface area contributed by atoms with Crippen molar-refractivity contribution in [2.24, 2.45) is 0 Å². The summed E-state index contributed by atoms with van der Waals surface area (Å²) in [4.78, 5) is 32.0. The van der Waals surface area contributed by atoms with Crippen LogP contribution in [0.2, 0.25) is 0 Å². The second-order valence-electron chi connectivity index (χ2n) is 4.06. The van der Waals surface area contributed by atoms with Crippen LogP contribution in [0.4, 0.5) is 17.1 Å². The molecule has 14 heteroatoms. The third-order valence-electron chi connectivity index (χ3n) is 2.78. The second kappa shape index (κ2) is 5.10. The van der Waals surface area contributed by atoms with Crippen molar-refractivity contribution in [3.05, 3.63) is 45.5 Å². The monoisotopic (exact) mass is 318 g/mol. The Hall–Kier alpha value is -3.97. The lowest BCUT2D eigenvalue weighted by Crippen LogP contribution is -2.13. The molecule has 3 heterocycles. The van der Waals surface area contributed by atoms with Crippen molar-refractivity contribution in [2.75, 3.05) is 5.73 Å². The van der Waals surface area contributed by atoms with Gasteiger partial charge in [-0.1, -0.05) is 0 Å². The average Bonchev–Trinajstić information content (AvgIpc) is 3.18. The van der Waals surface area contributed by atoms with Gasteiger partial charge in [0.25, 0.3) is 0 Å². The van der Waals surface area contributed by atoms with Gasteiger partial charge in [0.1, 0.15) is 25.3 Å². The van der Waals surface area contributed by atoms with Gasteiger partial charge in [-0.05, 0) is 0 Å². The third kappa shape index (κ3) is 2.19. The molecule has 0 aliphatic rings. The van der Waals surface area contributed by atoms with Crippen molar-refractivity contribution in [1.82, 2.24) is 34.5 Å². The van der Waals surface area contributed by atoms with Gasteiger partial charge in [0.05, 0.1) is 9.85 Å². The number of nitrogens with zero attached hydrogens (tertiary/aromatic N) is 9. The fourth-order valence-electron chi connectivity index (χ4n) is 1.87. The van der Waals surface area contributed by atoms with Crippen LogP contribution in [0.15, 0.2) is 25.3 Å². The zero-order valence-electron chi connectivity index (χ0n) is 11.0. The highest BCUT2D eigenvalue weighted by Gasteiger charge is 2.35. The molecule has 116 valence electrons. The van der Waals surface area contributed by atoms with Crippen molar-refractivity contribution in [2.45, 2.75) is 0 Å². The van der Waals surface area contributed by atoms with E-state index in [0.717, 1.165) is 34.7 Å². The first-order valence-electron chi connectivity index (χ1n) is 5.83. The van der Waals surface area contributed by atoms with Crippen LogP contribution in [0.3, 0.4) is 0 Å². The summed E-state index contributed by atoms with van der Waals surface area (Å²) in [5, 5.41) is 30.0. The van der Waals surface area contributed by atoms with E-state index in [0.29, 0.717) is 0 Å². The molecule has 0 aliphatic carbocycles. The van der Waals surface area contributed by atoms with Crippen LogP contribution in [0.25, 0.3) is 11.6 Å². The van der Waals surface area contributed by atoms with E-state index in [-0.39, 0.29) is 11.6 Å².